The minimum Gasteiger partial charge on any atom is -0.493 e. The van der Waals surface area contributed by atoms with Crippen molar-refractivity contribution < 1.29 is 9.15 Å². The average molecular weight is 344 g/mol. The van der Waals surface area contributed by atoms with E-state index >= 15 is 0 Å². The fourth-order valence-corrected chi connectivity index (χ4v) is 2.10. The van der Waals surface area contributed by atoms with Gasteiger partial charge in [-0.3, -0.25) is 0 Å². The second kappa shape index (κ2) is 15.3. The lowest BCUT2D eigenvalue weighted by molar-refractivity contribution is 0.288. The number of aromatic nitrogens is 1. The van der Waals surface area contributed by atoms with Crippen molar-refractivity contribution in [3.05, 3.63) is 60.5 Å². The highest BCUT2D eigenvalue weighted by Gasteiger charge is 2.06. The van der Waals surface area contributed by atoms with Crippen molar-refractivity contribution in [1.82, 2.24) is 4.98 Å². The summed E-state index contributed by atoms with van der Waals surface area (Å²) in [6.45, 7) is 12.9. The Balaban J connectivity index is 0.000000357. The van der Waals surface area contributed by atoms with Crippen molar-refractivity contribution in [1.29, 1.82) is 0 Å². The van der Waals surface area contributed by atoms with E-state index in [9.17, 15) is 0 Å². The third-order valence-electron chi connectivity index (χ3n) is 3.06. The van der Waals surface area contributed by atoms with Gasteiger partial charge in [-0.2, -0.15) is 0 Å². The third-order valence-corrected chi connectivity index (χ3v) is 3.06. The molecule has 0 saturated heterocycles. The number of hydrogen-bond acceptors (Lipinski definition) is 3. The van der Waals surface area contributed by atoms with E-state index in [1.807, 2.05) is 77.9 Å². The smallest absolute Gasteiger partial charge is 0.181 e. The number of fused-ring (bicyclic) bond motifs is 2. The summed E-state index contributed by atoms with van der Waals surface area (Å²) < 4.78 is 10.4. The van der Waals surface area contributed by atoms with E-state index in [-0.39, 0.29) is 0 Å². The largest absolute Gasteiger partial charge is 0.493 e. The van der Waals surface area contributed by atoms with Crippen LogP contribution in [0.4, 0.5) is 0 Å². The molecule has 0 fully saturated rings. The van der Waals surface area contributed by atoms with Gasteiger partial charge in [0.05, 0.1) is 6.61 Å². The summed E-state index contributed by atoms with van der Waals surface area (Å²) in [5.74, 6) is 1.08. The number of para-hydroxylation sites is 3. The summed E-state index contributed by atoms with van der Waals surface area (Å²) in [7, 11) is 0. The monoisotopic (exact) mass is 343 g/mol. The van der Waals surface area contributed by atoms with Gasteiger partial charge < -0.3 is 9.15 Å². The molecular formula is C22H33NO2. The highest BCUT2D eigenvalue weighted by molar-refractivity contribution is 5.71. The molecule has 0 radical (unpaired) electrons. The van der Waals surface area contributed by atoms with Crippen molar-refractivity contribution >= 4 is 11.1 Å². The van der Waals surface area contributed by atoms with E-state index in [1.165, 1.54) is 18.4 Å². The molecule has 0 aliphatic carbocycles. The number of nitrogens with zero attached hydrogens (tertiary/aromatic N) is 1. The summed E-state index contributed by atoms with van der Waals surface area (Å²) >= 11 is 0. The van der Waals surface area contributed by atoms with Crippen LogP contribution in [0, 0.1) is 0 Å². The highest BCUT2D eigenvalue weighted by Crippen LogP contribution is 2.23. The molecule has 138 valence electrons. The maximum Gasteiger partial charge on any atom is 0.181 e. The molecule has 2 aromatic carbocycles. The first kappa shape index (κ1) is 22.7. The number of hydrogen-bond donors (Lipinski definition) is 0. The fraction of sp³-hybridized carbons (Fsp3) is 0.409. The molecule has 0 saturated carbocycles. The topological polar surface area (TPSA) is 35.3 Å². The Hall–Kier alpha value is -2.29. The number of rotatable bonds is 0. The molecule has 0 N–H and O–H groups in total. The minimum atomic E-state index is 0.845. The normalized spacial score (nSPS) is 10.6. The molecule has 3 heteroatoms. The summed E-state index contributed by atoms with van der Waals surface area (Å²) in [5.41, 5.74) is 3.11. The van der Waals surface area contributed by atoms with Crippen LogP contribution in [0.25, 0.3) is 11.1 Å². The first-order valence-corrected chi connectivity index (χ1v) is 9.42. The van der Waals surface area contributed by atoms with Crippen molar-refractivity contribution in [3.63, 3.8) is 0 Å². The third kappa shape index (κ3) is 7.88. The zero-order chi connectivity index (χ0) is 18.9. The lowest BCUT2D eigenvalue weighted by Crippen LogP contribution is -2.07. The predicted octanol–water partition coefficient (Wildman–Crippen LogP) is 6.92. The van der Waals surface area contributed by atoms with Crippen molar-refractivity contribution in [2.45, 2.75) is 54.4 Å². The van der Waals surface area contributed by atoms with Crippen LogP contribution in [-0.4, -0.2) is 11.6 Å². The first-order chi connectivity index (χ1) is 12.4. The van der Waals surface area contributed by atoms with Gasteiger partial charge in [-0.05, 0) is 36.6 Å². The number of aryl methyl sites for hydroxylation is 1. The fourth-order valence-electron chi connectivity index (χ4n) is 2.10. The van der Waals surface area contributed by atoms with Gasteiger partial charge in [0, 0.05) is 0 Å². The molecule has 0 spiro atoms. The standard InChI is InChI=1S/C9H10O.C7H5NO.3C2H6/c1-2-6-9-8(4-1)5-3-7-10-9;1-2-4-7-6(3-1)8-5-9-7;3*1-2/h1-2,4,6H,3,5,7H2;1-5H;3*1-2H3. The zero-order valence-corrected chi connectivity index (χ0v) is 16.6. The van der Waals surface area contributed by atoms with E-state index in [0.29, 0.717) is 0 Å². The van der Waals surface area contributed by atoms with Crippen LogP contribution >= 0.6 is 0 Å². The second-order valence-corrected chi connectivity index (χ2v) is 4.38. The van der Waals surface area contributed by atoms with Gasteiger partial charge in [-0.25, -0.2) is 4.98 Å². The molecule has 0 bridgehead atoms. The Morgan fingerprint density at radius 2 is 1.44 bits per heavy atom. The Labute approximate surface area is 153 Å². The molecule has 0 atom stereocenters. The molecule has 2 heterocycles. The Kier molecular flexibility index (Phi) is 13.9. The van der Waals surface area contributed by atoms with Crippen LogP contribution in [0.2, 0.25) is 0 Å². The quantitative estimate of drug-likeness (QED) is 0.444. The van der Waals surface area contributed by atoms with E-state index in [4.69, 9.17) is 9.15 Å². The summed E-state index contributed by atoms with van der Waals surface area (Å²) in [6, 6.07) is 15.9. The number of oxazole rings is 1. The van der Waals surface area contributed by atoms with Gasteiger partial charge in [0.2, 0.25) is 0 Å². The minimum absolute atomic E-state index is 0.845. The van der Waals surface area contributed by atoms with Crippen LogP contribution in [0.5, 0.6) is 5.75 Å². The SMILES string of the molecule is CC.CC.CC.c1ccc2c(c1)CCCO2.c1ccc2ocnc2c1. The lowest BCUT2D eigenvalue weighted by atomic mass is 10.1. The van der Waals surface area contributed by atoms with Crippen molar-refractivity contribution in [2.75, 3.05) is 6.61 Å². The van der Waals surface area contributed by atoms with Gasteiger partial charge in [0.15, 0.2) is 12.0 Å². The molecule has 3 aromatic rings. The summed E-state index contributed by atoms with van der Waals surface area (Å²) in [6.07, 6.45) is 3.79. The van der Waals surface area contributed by atoms with Crippen LogP contribution < -0.4 is 4.74 Å². The van der Waals surface area contributed by atoms with Gasteiger partial charge in [-0.15, -0.1) is 0 Å². The summed E-state index contributed by atoms with van der Waals surface area (Å²) in [4.78, 5) is 3.95. The maximum atomic E-state index is 5.42. The second-order valence-electron chi connectivity index (χ2n) is 4.38. The van der Waals surface area contributed by atoms with E-state index in [1.54, 1.807) is 0 Å². The molecule has 25 heavy (non-hydrogen) atoms. The molecule has 0 amide bonds. The number of ether oxygens (including phenoxy) is 1. The van der Waals surface area contributed by atoms with Crippen LogP contribution in [-0.2, 0) is 6.42 Å². The number of benzene rings is 2. The zero-order valence-electron chi connectivity index (χ0n) is 16.6. The Bertz CT molecular complexity index is 606. The van der Waals surface area contributed by atoms with Gasteiger partial charge in [0.25, 0.3) is 0 Å². The molecule has 4 rings (SSSR count). The van der Waals surface area contributed by atoms with Crippen LogP contribution in [0.1, 0.15) is 53.5 Å². The molecule has 0 unspecified atom stereocenters. The first-order valence-electron chi connectivity index (χ1n) is 9.42. The van der Waals surface area contributed by atoms with Crippen LogP contribution in [0.15, 0.2) is 59.3 Å². The maximum absolute atomic E-state index is 5.42. The predicted molar refractivity (Wildman–Crippen MR) is 108 cm³/mol. The van der Waals surface area contributed by atoms with E-state index < -0.39 is 0 Å². The molecule has 1 aliphatic heterocycles. The molecule has 1 aromatic heterocycles. The molecule has 3 nitrogen and oxygen atoms in total. The lowest BCUT2D eigenvalue weighted by Gasteiger charge is -2.15. The molecular weight excluding hydrogens is 310 g/mol. The van der Waals surface area contributed by atoms with Gasteiger partial charge in [0.1, 0.15) is 11.3 Å². The highest BCUT2D eigenvalue weighted by atomic mass is 16.5. The van der Waals surface area contributed by atoms with Crippen molar-refractivity contribution in [3.8, 4) is 5.75 Å². The van der Waals surface area contributed by atoms with Crippen LogP contribution in [0.3, 0.4) is 0 Å². The van der Waals surface area contributed by atoms with E-state index in [0.717, 1.165) is 29.9 Å². The molecule has 1 aliphatic rings. The Morgan fingerprint density at radius 3 is 2.12 bits per heavy atom. The average Bonchev–Trinajstić information content (AvgIpc) is 3.22. The van der Waals surface area contributed by atoms with Crippen molar-refractivity contribution in [2.24, 2.45) is 0 Å². The van der Waals surface area contributed by atoms with Gasteiger partial charge >= 0.3 is 0 Å². The summed E-state index contributed by atoms with van der Waals surface area (Å²) in [5, 5.41) is 0. The Morgan fingerprint density at radius 1 is 0.800 bits per heavy atom. The van der Waals surface area contributed by atoms with E-state index in [2.05, 4.69) is 17.1 Å². The van der Waals surface area contributed by atoms with Gasteiger partial charge in [-0.1, -0.05) is 71.9 Å².